The number of hydrogen-bond acceptors (Lipinski definition) is 5. The van der Waals surface area contributed by atoms with Crippen LogP contribution in [0.3, 0.4) is 0 Å². The summed E-state index contributed by atoms with van der Waals surface area (Å²) in [5.41, 5.74) is 2.42. The Morgan fingerprint density at radius 1 is 1.06 bits per heavy atom. The number of amides is 2. The molecule has 0 bridgehead atoms. The number of hydrogen-bond donors (Lipinski definition) is 2. The summed E-state index contributed by atoms with van der Waals surface area (Å²) in [4.78, 5) is 29.3. The summed E-state index contributed by atoms with van der Waals surface area (Å²) in [6, 6.07) is 17.5. The molecule has 2 aromatic heterocycles. The maximum absolute atomic E-state index is 12.8. The molecule has 4 rings (SSSR count). The predicted octanol–water partition coefficient (Wildman–Crippen LogP) is 4.75. The molecule has 4 aromatic rings. The SMILES string of the molecule is Cc1c(Oc2ccnc(NC(=O)c3ccn(C)n3)c2)cccc1C(=O)NCc1ccc(Cl)cc1. The molecule has 0 saturated carbocycles. The molecule has 34 heavy (non-hydrogen) atoms. The summed E-state index contributed by atoms with van der Waals surface area (Å²) in [5, 5.41) is 10.3. The van der Waals surface area contributed by atoms with Gasteiger partial charge in [0.2, 0.25) is 0 Å². The molecule has 0 spiro atoms. The largest absolute Gasteiger partial charge is 0.457 e. The fourth-order valence-electron chi connectivity index (χ4n) is 3.24. The van der Waals surface area contributed by atoms with Crippen LogP contribution >= 0.6 is 11.6 Å². The Hall–Kier alpha value is -4.17. The van der Waals surface area contributed by atoms with E-state index in [0.717, 1.165) is 5.56 Å². The number of pyridine rings is 1. The van der Waals surface area contributed by atoms with Crippen LogP contribution in [0.2, 0.25) is 5.02 Å². The second kappa shape index (κ2) is 10.2. The molecule has 9 heteroatoms. The average Bonchev–Trinajstić information content (AvgIpc) is 3.27. The molecule has 8 nitrogen and oxygen atoms in total. The van der Waals surface area contributed by atoms with Gasteiger partial charge < -0.3 is 15.4 Å². The minimum Gasteiger partial charge on any atom is -0.457 e. The number of rotatable bonds is 7. The summed E-state index contributed by atoms with van der Waals surface area (Å²) in [7, 11) is 1.73. The number of benzene rings is 2. The number of aryl methyl sites for hydroxylation is 1. The average molecular weight is 476 g/mol. The molecular formula is C25H22ClN5O3. The Bertz CT molecular complexity index is 1330. The van der Waals surface area contributed by atoms with Gasteiger partial charge in [-0.3, -0.25) is 14.3 Å². The van der Waals surface area contributed by atoms with Crippen molar-refractivity contribution in [2.45, 2.75) is 13.5 Å². The smallest absolute Gasteiger partial charge is 0.277 e. The molecule has 2 heterocycles. The van der Waals surface area contributed by atoms with E-state index in [0.29, 0.717) is 40.0 Å². The molecule has 0 unspecified atom stereocenters. The highest BCUT2D eigenvalue weighted by atomic mass is 35.5. The number of nitrogens with one attached hydrogen (secondary N) is 2. The normalized spacial score (nSPS) is 10.6. The zero-order chi connectivity index (χ0) is 24.1. The summed E-state index contributed by atoms with van der Waals surface area (Å²) >= 11 is 5.91. The molecule has 2 N–H and O–H groups in total. The molecule has 0 aliphatic heterocycles. The van der Waals surface area contributed by atoms with E-state index in [2.05, 4.69) is 20.7 Å². The van der Waals surface area contributed by atoms with Gasteiger partial charge in [-0.2, -0.15) is 5.10 Å². The highest BCUT2D eigenvalue weighted by Crippen LogP contribution is 2.28. The maximum Gasteiger partial charge on any atom is 0.277 e. The first-order valence-electron chi connectivity index (χ1n) is 10.5. The van der Waals surface area contributed by atoms with Crippen LogP contribution in [-0.2, 0) is 13.6 Å². The summed E-state index contributed by atoms with van der Waals surface area (Å²) in [5.74, 6) is 0.722. The number of aromatic nitrogens is 3. The molecule has 0 aliphatic rings. The van der Waals surface area contributed by atoms with E-state index in [9.17, 15) is 9.59 Å². The first kappa shape index (κ1) is 23.0. The van der Waals surface area contributed by atoms with Gasteiger partial charge in [0, 0.05) is 48.2 Å². The van der Waals surface area contributed by atoms with Crippen LogP contribution < -0.4 is 15.4 Å². The molecule has 0 radical (unpaired) electrons. The van der Waals surface area contributed by atoms with Crippen LogP contribution in [0.15, 0.2) is 73.1 Å². The number of anilines is 1. The van der Waals surface area contributed by atoms with Gasteiger partial charge >= 0.3 is 0 Å². The molecule has 0 atom stereocenters. The second-order valence-electron chi connectivity index (χ2n) is 7.55. The standard InChI is InChI=1S/C25H22ClN5O3/c1-16-20(24(32)28-15-17-6-8-18(26)9-7-17)4-3-5-22(16)34-19-10-12-27-23(14-19)29-25(33)21-11-13-31(2)30-21/h3-14H,15H2,1-2H3,(H,28,32)(H,27,29,33). The predicted molar refractivity (Wildman–Crippen MR) is 129 cm³/mol. The third kappa shape index (κ3) is 5.60. The molecule has 2 aromatic carbocycles. The number of ether oxygens (including phenoxy) is 1. The minimum atomic E-state index is -0.374. The Labute approximate surface area is 201 Å². The van der Waals surface area contributed by atoms with Gasteiger partial charge in [-0.1, -0.05) is 29.8 Å². The number of halogens is 1. The fraction of sp³-hybridized carbons (Fsp3) is 0.120. The molecule has 2 amide bonds. The van der Waals surface area contributed by atoms with Crippen molar-refractivity contribution < 1.29 is 14.3 Å². The van der Waals surface area contributed by atoms with Gasteiger partial charge in [0.25, 0.3) is 11.8 Å². The van der Waals surface area contributed by atoms with Crippen molar-refractivity contribution >= 4 is 29.2 Å². The van der Waals surface area contributed by atoms with E-state index in [1.807, 2.05) is 19.1 Å². The minimum absolute atomic E-state index is 0.212. The lowest BCUT2D eigenvalue weighted by atomic mass is 10.1. The lowest BCUT2D eigenvalue weighted by Crippen LogP contribution is -2.23. The molecule has 172 valence electrons. The highest BCUT2D eigenvalue weighted by Gasteiger charge is 2.14. The quantitative estimate of drug-likeness (QED) is 0.402. The topological polar surface area (TPSA) is 98.1 Å². The van der Waals surface area contributed by atoms with Gasteiger partial charge in [0.1, 0.15) is 17.3 Å². The van der Waals surface area contributed by atoms with Crippen LogP contribution in [-0.4, -0.2) is 26.6 Å². The van der Waals surface area contributed by atoms with Crippen molar-refractivity contribution in [1.82, 2.24) is 20.1 Å². The van der Waals surface area contributed by atoms with Crippen LogP contribution in [0.1, 0.15) is 32.0 Å². The Morgan fingerprint density at radius 3 is 2.59 bits per heavy atom. The van der Waals surface area contributed by atoms with Crippen LogP contribution in [0.4, 0.5) is 5.82 Å². The van der Waals surface area contributed by atoms with E-state index < -0.39 is 0 Å². The van der Waals surface area contributed by atoms with Crippen LogP contribution in [0.25, 0.3) is 0 Å². The first-order chi connectivity index (χ1) is 16.4. The summed E-state index contributed by atoms with van der Waals surface area (Å²) in [6.07, 6.45) is 3.21. The monoisotopic (exact) mass is 475 g/mol. The number of nitrogens with zero attached hydrogens (tertiary/aromatic N) is 3. The van der Waals surface area contributed by atoms with Gasteiger partial charge in [-0.05, 0) is 48.9 Å². The Balaban J connectivity index is 1.44. The number of carbonyl (C=O) groups is 2. The summed E-state index contributed by atoms with van der Waals surface area (Å²) < 4.78 is 7.55. The second-order valence-corrected chi connectivity index (χ2v) is 7.98. The highest BCUT2D eigenvalue weighted by molar-refractivity contribution is 6.30. The van der Waals surface area contributed by atoms with E-state index in [1.165, 1.54) is 6.20 Å². The lowest BCUT2D eigenvalue weighted by molar-refractivity contribution is 0.0949. The van der Waals surface area contributed by atoms with E-state index in [-0.39, 0.29) is 17.5 Å². The van der Waals surface area contributed by atoms with Crippen molar-refractivity contribution in [1.29, 1.82) is 0 Å². The van der Waals surface area contributed by atoms with Crippen LogP contribution in [0.5, 0.6) is 11.5 Å². The van der Waals surface area contributed by atoms with Crippen molar-refractivity contribution in [3.63, 3.8) is 0 Å². The van der Waals surface area contributed by atoms with E-state index >= 15 is 0 Å². The molecule has 0 saturated heterocycles. The van der Waals surface area contributed by atoms with E-state index in [1.54, 1.807) is 66.5 Å². The van der Waals surface area contributed by atoms with Gasteiger partial charge in [0.05, 0.1) is 0 Å². The zero-order valence-corrected chi connectivity index (χ0v) is 19.3. The van der Waals surface area contributed by atoms with Gasteiger partial charge in [0.15, 0.2) is 5.69 Å². The molecular weight excluding hydrogens is 454 g/mol. The molecule has 0 fully saturated rings. The zero-order valence-electron chi connectivity index (χ0n) is 18.6. The Kier molecular flexibility index (Phi) is 6.89. The first-order valence-corrected chi connectivity index (χ1v) is 10.8. The summed E-state index contributed by atoms with van der Waals surface area (Å²) in [6.45, 7) is 2.20. The lowest BCUT2D eigenvalue weighted by Gasteiger charge is -2.13. The third-order valence-corrected chi connectivity index (χ3v) is 5.29. The van der Waals surface area contributed by atoms with Crippen molar-refractivity contribution in [2.24, 2.45) is 7.05 Å². The van der Waals surface area contributed by atoms with Crippen LogP contribution in [0, 0.1) is 6.92 Å². The van der Waals surface area contributed by atoms with Crippen molar-refractivity contribution in [2.75, 3.05) is 5.32 Å². The van der Waals surface area contributed by atoms with Gasteiger partial charge in [-0.25, -0.2) is 4.98 Å². The van der Waals surface area contributed by atoms with Crippen molar-refractivity contribution in [3.8, 4) is 11.5 Å². The number of carbonyl (C=O) groups excluding carboxylic acids is 2. The van der Waals surface area contributed by atoms with E-state index in [4.69, 9.17) is 16.3 Å². The van der Waals surface area contributed by atoms with Crippen molar-refractivity contribution in [3.05, 3.63) is 100 Å². The molecule has 0 aliphatic carbocycles. The Morgan fingerprint density at radius 2 is 1.85 bits per heavy atom. The maximum atomic E-state index is 12.8. The fourth-order valence-corrected chi connectivity index (χ4v) is 3.36. The van der Waals surface area contributed by atoms with Gasteiger partial charge in [-0.15, -0.1) is 0 Å². The third-order valence-electron chi connectivity index (χ3n) is 5.04.